The van der Waals surface area contributed by atoms with Gasteiger partial charge in [0.15, 0.2) is 0 Å². The maximum atomic E-state index is 9.72. The van der Waals surface area contributed by atoms with Crippen molar-refractivity contribution in [3.05, 3.63) is 23.8 Å². The molecule has 1 aromatic carbocycles. The molecule has 2 rings (SSSR count). The number of phenols is 1. The zero-order chi connectivity index (χ0) is 11.4. The van der Waals surface area contributed by atoms with Crippen LogP contribution in [0.3, 0.4) is 0 Å². The summed E-state index contributed by atoms with van der Waals surface area (Å²) >= 11 is 0. The normalized spacial score (nSPS) is 18.2. The van der Waals surface area contributed by atoms with E-state index in [-0.39, 0.29) is 0 Å². The predicted octanol–water partition coefficient (Wildman–Crippen LogP) is 1.20. The molecule has 0 aromatic heterocycles. The molecule has 1 aliphatic heterocycles. The number of hydrogen-bond donors (Lipinski definition) is 2. The van der Waals surface area contributed by atoms with Gasteiger partial charge in [-0.15, -0.1) is 0 Å². The number of ether oxygens (including phenoxy) is 1. The van der Waals surface area contributed by atoms with E-state index in [1.165, 1.54) is 0 Å². The number of hydrogen-bond acceptors (Lipinski definition) is 4. The number of nitrogen functional groups attached to an aromatic ring is 1. The van der Waals surface area contributed by atoms with Crippen molar-refractivity contribution in [2.75, 3.05) is 32.0 Å². The summed E-state index contributed by atoms with van der Waals surface area (Å²) < 4.78 is 5.39. The Balaban J connectivity index is 2.04. The zero-order valence-corrected chi connectivity index (χ0v) is 9.35. The van der Waals surface area contributed by atoms with Crippen molar-refractivity contribution in [3.63, 3.8) is 0 Å². The zero-order valence-electron chi connectivity index (χ0n) is 9.35. The predicted molar refractivity (Wildman–Crippen MR) is 63.2 cm³/mol. The average molecular weight is 222 g/mol. The van der Waals surface area contributed by atoms with Crippen LogP contribution in [0.1, 0.15) is 12.0 Å². The van der Waals surface area contributed by atoms with E-state index in [9.17, 15) is 5.11 Å². The van der Waals surface area contributed by atoms with Crippen molar-refractivity contribution >= 4 is 5.69 Å². The number of benzene rings is 1. The molecule has 16 heavy (non-hydrogen) atoms. The number of nitrogens with zero attached hydrogens (tertiary/aromatic N) is 1. The topological polar surface area (TPSA) is 58.7 Å². The molecule has 0 atom stereocenters. The Bertz CT molecular complexity index is 347. The van der Waals surface area contributed by atoms with Gasteiger partial charge >= 0.3 is 0 Å². The molecule has 88 valence electrons. The van der Waals surface area contributed by atoms with Gasteiger partial charge < -0.3 is 15.6 Å². The lowest BCUT2D eigenvalue weighted by Crippen LogP contribution is -2.25. The van der Waals surface area contributed by atoms with E-state index in [4.69, 9.17) is 10.5 Å². The van der Waals surface area contributed by atoms with Crippen LogP contribution in [0.4, 0.5) is 5.69 Å². The number of aromatic hydroxyl groups is 1. The molecular formula is C12H18N2O2. The highest BCUT2D eigenvalue weighted by Gasteiger charge is 2.11. The highest BCUT2D eigenvalue weighted by molar-refractivity contribution is 5.47. The van der Waals surface area contributed by atoms with E-state index >= 15 is 0 Å². The Labute approximate surface area is 95.6 Å². The van der Waals surface area contributed by atoms with Gasteiger partial charge in [-0.3, -0.25) is 4.90 Å². The van der Waals surface area contributed by atoms with Crippen molar-refractivity contribution in [3.8, 4) is 5.75 Å². The first kappa shape index (κ1) is 11.2. The van der Waals surface area contributed by atoms with E-state index in [2.05, 4.69) is 4.90 Å². The highest BCUT2D eigenvalue weighted by atomic mass is 16.5. The molecule has 4 nitrogen and oxygen atoms in total. The second kappa shape index (κ2) is 5.18. The molecule has 1 saturated heterocycles. The van der Waals surface area contributed by atoms with Gasteiger partial charge in [0.25, 0.3) is 0 Å². The molecular weight excluding hydrogens is 204 g/mol. The van der Waals surface area contributed by atoms with Crippen molar-refractivity contribution in [2.45, 2.75) is 13.0 Å². The van der Waals surface area contributed by atoms with Gasteiger partial charge in [0, 0.05) is 37.5 Å². The molecule has 0 unspecified atom stereocenters. The molecule has 1 aromatic rings. The summed E-state index contributed by atoms with van der Waals surface area (Å²) in [7, 11) is 0. The summed E-state index contributed by atoms with van der Waals surface area (Å²) in [4.78, 5) is 2.28. The Kier molecular flexibility index (Phi) is 3.64. The number of nitrogens with two attached hydrogens (primary N) is 1. The Morgan fingerprint density at radius 1 is 1.31 bits per heavy atom. The molecule has 0 aliphatic carbocycles. The molecule has 0 bridgehead atoms. The maximum absolute atomic E-state index is 9.72. The summed E-state index contributed by atoms with van der Waals surface area (Å²) in [6, 6.07) is 5.20. The highest BCUT2D eigenvalue weighted by Crippen LogP contribution is 2.21. The summed E-state index contributed by atoms with van der Waals surface area (Å²) in [6.45, 7) is 4.26. The molecule has 1 fully saturated rings. The summed E-state index contributed by atoms with van der Waals surface area (Å²) in [5.74, 6) is 0.319. The van der Waals surface area contributed by atoms with E-state index in [0.29, 0.717) is 11.4 Å². The van der Waals surface area contributed by atoms with Gasteiger partial charge in [0.1, 0.15) is 5.75 Å². The van der Waals surface area contributed by atoms with Crippen molar-refractivity contribution in [1.29, 1.82) is 0 Å². The Hall–Kier alpha value is -1.26. The number of rotatable bonds is 2. The van der Waals surface area contributed by atoms with Gasteiger partial charge in [0.2, 0.25) is 0 Å². The number of phenolic OH excluding ortho intramolecular Hbond substituents is 1. The molecule has 0 saturated carbocycles. The fourth-order valence-electron chi connectivity index (χ4n) is 1.93. The van der Waals surface area contributed by atoms with Gasteiger partial charge in [-0.05, 0) is 24.6 Å². The van der Waals surface area contributed by atoms with Crippen molar-refractivity contribution in [1.82, 2.24) is 4.90 Å². The second-order valence-corrected chi connectivity index (χ2v) is 4.13. The monoisotopic (exact) mass is 222 g/mol. The van der Waals surface area contributed by atoms with Crippen LogP contribution in [0, 0.1) is 0 Å². The third-order valence-corrected chi connectivity index (χ3v) is 2.81. The van der Waals surface area contributed by atoms with E-state index in [0.717, 1.165) is 44.8 Å². The fraction of sp³-hybridized carbons (Fsp3) is 0.500. The molecule has 4 heteroatoms. The Morgan fingerprint density at radius 2 is 2.19 bits per heavy atom. The van der Waals surface area contributed by atoms with Crippen LogP contribution in [-0.2, 0) is 11.3 Å². The quantitative estimate of drug-likeness (QED) is 0.583. The number of anilines is 1. The summed E-state index contributed by atoms with van der Waals surface area (Å²) in [5.41, 5.74) is 7.29. The third kappa shape index (κ3) is 2.87. The summed E-state index contributed by atoms with van der Waals surface area (Å²) in [6.07, 6.45) is 1.04. The van der Waals surface area contributed by atoms with E-state index < -0.39 is 0 Å². The SMILES string of the molecule is Nc1ccc(O)c(CN2CCCOCC2)c1. The largest absolute Gasteiger partial charge is 0.508 e. The van der Waals surface area contributed by atoms with Crippen LogP contribution in [0.2, 0.25) is 0 Å². The standard InChI is InChI=1S/C12H18N2O2/c13-11-2-3-12(15)10(8-11)9-14-4-1-6-16-7-5-14/h2-3,8,15H,1,4-7,9,13H2. The molecule has 1 heterocycles. The van der Waals surface area contributed by atoms with Crippen LogP contribution < -0.4 is 5.73 Å². The van der Waals surface area contributed by atoms with Crippen LogP contribution in [0.25, 0.3) is 0 Å². The van der Waals surface area contributed by atoms with Gasteiger partial charge in [-0.2, -0.15) is 0 Å². The first-order chi connectivity index (χ1) is 7.75. The molecule has 3 N–H and O–H groups in total. The molecule has 0 radical (unpaired) electrons. The van der Waals surface area contributed by atoms with Crippen molar-refractivity contribution in [2.24, 2.45) is 0 Å². The minimum atomic E-state index is 0.319. The smallest absolute Gasteiger partial charge is 0.120 e. The van der Waals surface area contributed by atoms with Crippen molar-refractivity contribution < 1.29 is 9.84 Å². The molecule has 1 aliphatic rings. The summed E-state index contributed by atoms with van der Waals surface area (Å²) in [5, 5.41) is 9.72. The van der Waals surface area contributed by atoms with E-state index in [1.54, 1.807) is 12.1 Å². The lowest BCUT2D eigenvalue weighted by Gasteiger charge is -2.19. The lowest BCUT2D eigenvalue weighted by molar-refractivity contribution is 0.140. The maximum Gasteiger partial charge on any atom is 0.120 e. The average Bonchev–Trinajstić information content (AvgIpc) is 2.52. The van der Waals surface area contributed by atoms with Gasteiger partial charge in [-0.25, -0.2) is 0 Å². The molecule has 0 amide bonds. The minimum absolute atomic E-state index is 0.319. The Morgan fingerprint density at radius 3 is 3.06 bits per heavy atom. The lowest BCUT2D eigenvalue weighted by atomic mass is 10.1. The fourth-order valence-corrected chi connectivity index (χ4v) is 1.93. The third-order valence-electron chi connectivity index (χ3n) is 2.81. The van der Waals surface area contributed by atoms with E-state index in [1.807, 2.05) is 6.07 Å². The van der Waals surface area contributed by atoms with Gasteiger partial charge in [0.05, 0.1) is 6.61 Å². The second-order valence-electron chi connectivity index (χ2n) is 4.13. The van der Waals surface area contributed by atoms with Crippen LogP contribution in [0.15, 0.2) is 18.2 Å². The van der Waals surface area contributed by atoms with Crippen LogP contribution >= 0.6 is 0 Å². The van der Waals surface area contributed by atoms with Crippen LogP contribution in [-0.4, -0.2) is 36.3 Å². The first-order valence-corrected chi connectivity index (χ1v) is 5.63. The van der Waals surface area contributed by atoms with Crippen LogP contribution in [0.5, 0.6) is 5.75 Å². The molecule has 0 spiro atoms. The first-order valence-electron chi connectivity index (χ1n) is 5.63. The minimum Gasteiger partial charge on any atom is -0.508 e. The van der Waals surface area contributed by atoms with Gasteiger partial charge in [-0.1, -0.05) is 0 Å².